The van der Waals surface area contributed by atoms with Crippen LogP contribution in [0.2, 0.25) is 0 Å². The minimum absolute atomic E-state index is 0.0794. The zero-order valence-electron chi connectivity index (χ0n) is 13.0. The Balaban J connectivity index is 1.87. The smallest absolute Gasteiger partial charge is 0.241 e. The Morgan fingerprint density at radius 3 is 2.10 bits per heavy atom. The molecule has 1 aliphatic rings. The first-order valence-corrected chi connectivity index (χ1v) is 7.32. The van der Waals surface area contributed by atoms with E-state index in [2.05, 4.69) is 5.32 Å². The molecule has 0 atom stereocenters. The molecule has 0 saturated carbocycles. The highest BCUT2D eigenvalue weighted by atomic mass is 16.2. The molecule has 0 spiro atoms. The zero-order chi connectivity index (χ0) is 15.4. The first-order chi connectivity index (χ1) is 9.99. The first kappa shape index (κ1) is 15.4. The molecule has 1 aromatic carbocycles. The van der Waals surface area contributed by atoms with Gasteiger partial charge in [0.15, 0.2) is 0 Å². The van der Waals surface area contributed by atoms with Gasteiger partial charge in [-0.3, -0.25) is 9.59 Å². The monoisotopic (exact) mass is 289 g/mol. The average Bonchev–Trinajstić information content (AvgIpc) is 2.46. The van der Waals surface area contributed by atoms with Gasteiger partial charge in [-0.1, -0.05) is 18.2 Å². The van der Waals surface area contributed by atoms with Gasteiger partial charge in [-0.05, 0) is 25.0 Å². The molecule has 0 radical (unpaired) electrons. The number of anilines is 1. The van der Waals surface area contributed by atoms with Crippen molar-refractivity contribution >= 4 is 17.5 Å². The molecule has 0 aromatic heterocycles. The maximum atomic E-state index is 12.2. The summed E-state index contributed by atoms with van der Waals surface area (Å²) < 4.78 is 0. The van der Waals surface area contributed by atoms with Crippen LogP contribution in [0.5, 0.6) is 0 Å². The Hall–Kier alpha value is -2.04. The fourth-order valence-corrected chi connectivity index (χ4v) is 2.64. The van der Waals surface area contributed by atoms with E-state index in [1.165, 1.54) is 0 Å². The number of hydrogen-bond donors (Lipinski definition) is 1. The molecule has 114 valence electrons. The van der Waals surface area contributed by atoms with Crippen molar-refractivity contribution in [3.8, 4) is 0 Å². The van der Waals surface area contributed by atoms with Gasteiger partial charge in [-0.15, -0.1) is 0 Å². The summed E-state index contributed by atoms with van der Waals surface area (Å²) >= 11 is 0. The molecule has 1 saturated heterocycles. The van der Waals surface area contributed by atoms with Crippen molar-refractivity contribution < 1.29 is 9.59 Å². The first-order valence-electron chi connectivity index (χ1n) is 7.32. The second kappa shape index (κ2) is 6.61. The summed E-state index contributed by atoms with van der Waals surface area (Å²) in [5, 5.41) is 3.24. The normalized spacial score (nSPS) is 15.0. The standard InChI is InChI=1S/C16H23N3O2/c1-12-5-4-6-13(2)16(12)17-11-15(21)19-9-7-18(8-10-19)14(3)20/h4-6,17H,7-11H2,1-3H3. The van der Waals surface area contributed by atoms with Crippen LogP contribution in [0, 0.1) is 13.8 Å². The third-order valence-corrected chi connectivity index (χ3v) is 3.98. The summed E-state index contributed by atoms with van der Waals surface area (Å²) in [5.41, 5.74) is 3.32. The lowest BCUT2D eigenvalue weighted by molar-refractivity contribution is -0.137. The molecule has 1 heterocycles. The molecule has 1 N–H and O–H groups in total. The second-order valence-electron chi connectivity index (χ2n) is 5.51. The molecular formula is C16H23N3O2. The minimum Gasteiger partial charge on any atom is -0.376 e. The van der Waals surface area contributed by atoms with Crippen LogP contribution >= 0.6 is 0 Å². The zero-order valence-corrected chi connectivity index (χ0v) is 13.0. The number of nitrogens with one attached hydrogen (secondary N) is 1. The van der Waals surface area contributed by atoms with Gasteiger partial charge in [0.2, 0.25) is 11.8 Å². The predicted octanol–water partition coefficient (Wildman–Crippen LogP) is 1.41. The quantitative estimate of drug-likeness (QED) is 0.915. The van der Waals surface area contributed by atoms with Crippen LogP contribution in [0.1, 0.15) is 18.1 Å². The fraction of sp³-hybridized carbons (Fsp3) is 0.500. The Labute approximate surface area is 125 Å². The third-order valence-electron chi connectivity index (χ3n) is 3.98. The van der Waals surface area contributed by atoms with Gasteiger partial charge in [-0.25, -0.2) is 0 Å². The molecule has 21 heavy (non-hydrogen) atoms. The van der Waals surface area contributed by atoms with Crippen LogP contribution in [0.3, 0.4) is 0 Å². The summed E-state index contributed by atoms with van der Waals surface area (Å²) in [7, 11) is 0. The number of para-hydroxylation sites is 1. The maximum absolute atomic E-state index is 12.2. The Morgan fingerprint density at radius 2 is 1.57 bits per heavy atom. The minimum atomic E-state index is 0.0794. The van der Waals surface area contributed by atoms with Gasteiger partial charge in [0.05, 0.1) is 6.54 Å². The number of amides is 2. The van der Waals surface area contributed by atoms with Crippen molar-refractivity contribution in [2.24, 2.45) is 0 Å². The highest BCUT2D eigenvalue weighted by Crippen LogP contribution is 2.19. The van der Waals surface area contributed by atoms with Gasteiger partial charge < -0.3 is 15.1 Å². The number of hydrogen-bond acceptors (Lipinski definition) is 3. The molecule has 1 fully saturated rings. The van der Waals surface area contributed by atoms with E-state index in [1.54, 1.807) is 11.8 Å². The number of nitrogens with zero attached hydrogens (tertiary/aromatic N) is 2. The molecule has 0 bridgehead atoms. The maximum Gasteiger partial charge on any atom is 0.241 e. The lowest BCUT2D eigenvalue weighted by Gasteiger charge is -2.34. The van der Waals surface area contributed by atoms with Crippen LogP contribution in [0.25, 0.3) is 0 Å². The summed E-state index contributed by atoms with van der Waals surface area (Å²) in [6.07, 6.45) is 0. The van der Waals surface area contributed by atoms with E-state index in [9.17, 15) is 9.59 Å². The largest absolute Gasteiger partial charge is 0.376 e. The highest BCUT2D eigenvalue weighted by Gasteiger charge is 2.22. The molecule has 0 unspecified atom stereocenters. The van der Waals surface area contributed by atoms with Crippen LogP contribution in [0.4, 0.5) is 5.69 Å². The van der Waals surface area contributed by atoms with Crippen molar-refractivity contribution in [2.45, 2.75) is 20.8 Å². The van der Waals surface area contributed by atoms with E-state index < -0.39 is 0 Å². The molecule has 1 aromatic rings. The molecule has 2 amide bonds. The second-order valence-corrected chi connectivity index (χ2v) is 5.51. The van der Waals surface area contributed by atoms with Crippen molar-refractivity contribution in [3.63, 3.8) is 0 Å². The van der Waals surface area contributed by atoms with E-state index >= 15 is 0 Å². The van der Waals surface area contributed by atoms with Gasteiger partial charge >= 0.3 is 0 Å². The number of carbonyl (C=O) groups excluding carboxylic acids is 2. The van der Waals surface area contributed by atoms with E-state index in [4.69, 9.17) is 0 Å². The fourth-order valence-electron chi connectivity index (χ4n) is 2.64. The molecule has 1 aliphatic heterocycles. The SMILES string of the molecule is CC(=O)N1CCN(C(=O)CNc2c(C)cccc2C)CC1. The third kappa shape index (κ3) is 3.74. The molecule has 5 heteroatoms. The van der Waals surface area contributed by atoms with Gasteiger partial charge in [0, 0.05) is 38.8 Å². The lowest BCUT2D eigenvalue weighted by Crippen LogP contribution is -2.51. The number of aryl methyl sites for hydroxylation is 2. The van der Waals surface area contributed by atoms with Crippen molar-refractivity contribution in [1.29, 1.82) is 0 Å². The van der Waals surface area contributed by atoms with E-state index in [0.717, 1.165) is 16.8 Å². The van der Waals surface area contributed by atoms with Crippen LogP contribution < -0.4 is 5.32 Å². The number of benzene rings is 1. The summed E-state index contributed by atoms with van der Waals surface area (Å²) in [4.78, 5) is 27.1. The summed E-state index contributed by atoms with van der Waals surface area (Å²) in [6, 6.07) is 6.08. The molecule has 2 rings (SSSR count). The number of piperazine rings is 1. The highest BCUT2D eigenvalue weighted by molar-refractivity contribution is 5.82. The van der Waals surface area contributed by atoms with Crippen molar-refractivity contribution in [3.05, 3.63) is 29.3 Å². The van der Waals surface area contributed by atoms with Crippen LogP contribution in [-0.4, -0.2) is 54.3 Å². The van der Waals surface area contributed by atoms with Gasteiger partial charge in [0.1, 0.15) is 0 Å². The number of carbonyl (C=O) groups is 2. The lowest BCUT2D eigenvalue weighted by atomic mass is 10.1. The topological polar surface area (TPSA) is 52.7 Å². The van der Waals surface area contributed by atoms with Crippen molar-refractivity contribution in [1.82, 2.24) is 9.80 Å². The number of rotatable bonds is 3. The Morgan fingerprint density at radius 1 is 1.05 bits per heavy atom. The Kier molecular flexibility index (Phi) is 4.83. The van der Waals surface area contributed by atoms with E-state index in [1.807, 2.05) is 36.9 Å². The average molecular weight is 289 g/mol. The van der Waals surface area contributed by atoms with Gasteiger partial charge in [-0.2, -0.15) is 0 Å². The van der Waals surface area contributed by atoms with Crippen molar-refractivity contribution in [2.75, 3.05) is 38.0 Å². The summed E-state index contributed by atoms with van der Waals surface area (Å²) in [5.74, 6) is 0.164. The van der Waals surface area contributed by atoms with E-state index in [0.29, 0.717) is 32.7 Å². The van der Waals surface area contributed by atoms with E-state index in [-0.39, 0.29) is 11.8 Å². The predicted molar refractivity (Wildman–Crippen MR) is 83.2 cm³/mol. The van der Waals surface area contributed by atoms with Gasteiger partial charge in [0.25, 0.3) is 0 Å². The molecule has 5 nitrogen and oxygen atoms in total. The Bertz CT molecular complexity index is 514. The molecule has 0 aliphatic carbocycles. The van der Waals surface area contributed by atoms with Crippen LogP contribution in [0.15, 0.2) is 18.2 Å². The molecular weight excluding hydrogens is 266 g/mol. The summed E-state index contributed by atoms with van der Waals surface area (Å²) in [6.45, 7) is 8.43. The van der Waals surface area contributed by atoms with Crippen LogP contribution in [-0.2, 0) is 9.59 Å².